The molecule has 0 bridgehead atoms. The highest BCUT2D eigenvalue weighted by molar-refractivity contribution is 5.55. The van der Waals surface area contributed by atoms with E-state index < -0.39 is 0 Å². The van der Waals surface area contributed by atoms with Crippen molar-refractivity contribution in [3.63, 3.8) is 0 Å². The quantitative estimate of drug-likeness (QED) is 0.860. The van der Waals surface area contributed by atoms with E-state index in [1.165, 1.54) is 16.8 Å². The molecule has 102 valence electrons. The predicted molar refractivity (Wildman–Crippen MR) is 78.2 cm³/mol. The summed E-state index contributed by atoms with van der Waals surface area (Å²) in [6, 6.07) is 6.35. The first-order chi connectivity index (χ1) is 8.25. The Labute approximate surface area is 111 Å². The molecule has 0 saturated heterocycles. The third-order valence-corrected chi connectivity index (χ3v) is 3.23. The number of hydrogen-bond donors (Lipinski definition) is 2. The van der Waals surface area contributed by atoms with Crippen LogP contribution in [0.25, 0.3) is 0 Å². The zero-order chi connectivity index (χ0) is 13.9. The highest BCUT2D eigenvalue weighted by atomic mass is 16.3. The number of aryl methyl sites for hydroxylation is 1. The Balaban J connectivity index is 3.00. The van der Waals surface area contributed by atoms with E-state index in [1.54, 1.807) is 0 Å². The molecule has 3 heteroatoms. The fraction of sp³-hybridized carbons (Fsp3) is 0.600. The van der Waals surface area contributed by atoms with Crippen molar-refractivity contribution in [1.29, 1.82) is 0 Å². The topological polar surface area (TPSA) is 49.5 Å². The summed E-state index contributed by atoms with van der Waals surface area (Å²) in [5.74, 6) is 0. The van der Waals surface area contributed by atoms with Gasteiger partial charge >= 0.3 is 0 Å². The maximum absolute atomic E-state index is 9.03. The second-order valence-electron chi connectivity index (χ2n) is 6.07. The molecule has 1 aromatic carbocycles. The lowest BCUT2D eigenvalue weighted by Gasteiger charge is -2.27. The number of rotatable bonds is 4. The first-order valence-electron chi connectivity index (χ1n) is 6.44. The normalized spacial score (nSPS) is 13.5. The molecule has 1 unspecified atom stereocenters. The van der Waals surface area contributed by atoms with Crippen LogP contribution in [0.5, 0.6) is 0 Å². The third-order valence-electron chi connectivity index (χ3n) is 3.23. The lowest BCUT2D eigenvalue weighted by molar-refractivity contribution is 0.267. The molecule has 0 aliphatic rings. The molecule has 1 aromatic rings. The molecule has 0 saturated carbocycles. The monoisotopic (exact) mass is 250 g/mol. The molecule has 0 fully saturated rings. The van der Waals surface area contributed by atoms with Crippen LogP contribution in [0.2, 0.25) is 0 Å². The van der Waals surface area contributed by atoms with Crippen molar-refractivity contribution < 1.29 is 5.11 Å². The van der Waals surface area contributed by atoms with Crippen LogP contribution >= 0.6 is 0 Å². The predicted octanol–water partition coefficient (Wildman–Crippen LogP) is 2.05. The van der Waals surface area contributed by atoms with Gasteiger partial charge in [0.15, 0.2) is 0 Å². The SMILES string of the molecule is Cc1ccc(C(C)(C)C)cc1N(C)CC(N)CO. The number of nitrogens with two attached hydrogens (primary N) is 1. The largest absolute Gasteiger partial charge is 0.395 e. The van der Waals surface area contributed by atoms with Gasteiger partial charge in [-0.25, -0.2) is 0 Å². The average Bonchev–Trinajstić information content (AvgIpc) is 2.27. The number of anilines is 1. The van der Waals surface area contributed by atoms with Crippen molar-refractivity contribution in [2.75, 3.05) is 25.1 Å². The van der Waals surface area contributed by atoms with E-state index >= 15 is 0 Å². The number of hydrogen-bond acceptors (Lipinski definition) is 3. The highest BCUT2D eigenvalue weighted by Crippen LogP contribution is 2.28. The van der Waals surface area contributed by atoms with Gasteiger partial charge in [0.05, 0.1) is 6.61 Å². The Kier molecular flexibility index (Phi) is 4.77. The number of aliphatic hydroxyl groups is 1. The molecule has 0 spiro atoms. The van der Waals surface area contributed by atoms with Gasteiger partial charge in [0.1, 0.15) is 0 Å². The number of nitrogens with zero attached hydrogens (tertiary/aromatic N) is 1. The van der Waals surface area contributed by atoms with Crippen molar-refractivity contribution in [3.8, 4) is 0 Å². The lowest BCUT2D eigenvalue weighted by Crippen LogP contribution is -2.38. The minimum absolute atomic E-state index is 0.0162. The Morgan fingerprint density at radius 1 is 1.33 bits per heavy atom. The first-order valence-corrected chi connectivity index (χ1v) is 6.44. The molecule has 0 aliphatic carbocycles. The van der Waals surface area contributed by atoms with Crippen LogP contribution in [0, 0.1) is 6.92 Å². The highest BCUT2D eigenvalue weighted by Gasteiger charge is 2.16. The van der Waals surface area contributed by atoms with E-state index in [0.29, 0.717) is 6.54 Å². The van der Waals surface area contributed by atoms with Gasteiger partial charge in [-0.2, -0.15) is 0 Å². The minimum atomic E-state index is -0.201. The maximum Gasteiger partial charge on any atom is 0.0599 e. The summed E-state index contributed by atoms with van der Waals surface area (Å²) < 4.78 is 0. The molecule has 0 aromatic heterocycles. The van der Waals surface area contributed by atoms with E-state index in [4.69, 9.17) is 10.8 Å². The van der Waals surface area contributed by atoms with Gasteiger partial charge in [0.2, 0.25) is 0 Å². The van der Waals surface area contributed by atoms with Gasteiger partial charge in [-0.15, -0.1) is 0 Å². The lowest BCUT2D eigenvalue weighted by atomic mass is 9.86. The summed E-state index contributed by atoms with van der Waals surface area (Å²) in [5, 5.41) is 9.03. The zero-order valence-electron chi connectivity index (χ0n) is 12.2. The van der Waals surface area contributed by atoms with E-state index in [0.717, 1.165) is 0 Å². The Morgan fingerprint density at radius 3 is 2.44 bits per heavy atom. The molecule has 3 nitrogen and oxygen atoms in total. The Hall–Kier alpha value is -1.06. The molecule has 1 rings (SSSR count). The Morgan fingerprint density at radius 2 is 1.94 bits per heavy atom. The van der Waals surface area contributed by atoms with E-state index in [9.17, 15) is 0 Å². The summed E-state index contributed by atoms with van der Waals surface area (Å²) >= 11 is 0. The fourth-order valence-electron chi connectivity index (χ4n) is 2.00. The smallest absolute Gasteiger partial charge is 0.0599 e. The maximum atomic E-state index is 9.03. The van der Waals surface area contributed by atoms with E-state index in [-0.39, 0.29) is 18.1 Å². The first kappa shape index (κ1) is 15.0. The molecule has 0 aliphatic heterocycles. The summed E-state index contributed by atoms with van der Waals surface area (Å²) in [4.78, 5) is 2.12. The van der Waals surface area contributed by atoms with Gasteiger partial charge in [-0.1, -0.05) is 32.9 Å². The van der Waals surface area contributed by atoms with Gasteiger partial charge < -0.3 is 15.7 Å². The molecule has 1 atom stereocenters. The van der Waals surface area contributed by atoms with Crippen LogP contribution in [0.3, 0.4) is 0 Å². The van der Waals surface area contributed by atoms with Crippen molar-refractivity contribution in [3.05, 3.63) is 29.3 Å². The van der Waals surface area contributed by atoms with Gasteiger partial charge in [0.25, 0.3) is 0 Å². The van der Waals surface area contributed by atoms with Crippen LogP contribution in [0.1, 0.15) is 31.9 Å². The standard InChI is InChI=1S/C15H26N2O/c1-11-6-7-12(15(2,3)4)8-14(11)17(5)9-13(16)10-18/h6-8,13,18H,9-10,16H2,1-5H3. The minimum Gasteiger partial charge on any atom is -0.395 e. The second-order valence-corrected chi connectivity index (χ2v) is 6.07. The van der Waals surface area contributed by atoms with Crippen molar-refractivity contribution in [2.24, 2.45) is 5.73 Å². The van der Waals surface area contributed by atoms with Crippen LogP contribution in [0.4, 0.5) is 5.69 Å². The molecule has 0 heterocycles. The van der Waals surface area contributed by atoms with Crippen LogP contribution < -0.4 is 10.6 Å². The number of benzene rings is 1. The Bertz CT molecular complexity index is 396. The van der Waals surface area contributed by atoms with Gasteiger partial charge in [-0.05, 0) is 29.5 Å². The van der Waals surface area contributed by atoms with E-state index in [2.05, 4.69) is 50.8 Å². The zero-order valence-corrected chi connectivity index (χ0v) is 12.2. The summed E-state index contributed by atoms with van der Waals surface area (Å²) in [7, 11) is 2.02. The molecular weight excluding hydrogens is 224 g/mol. The molecule has 18 heavy (non-hydrogen) atoms. The summed E-state index contributed by atoms with van der Waals surface area (Å²) in [5.41, 5.74) is 9.67. The molecule has 0 radical (unpaired) electrons. The number of likely N-dealkylation sites (N-methyl/N-ethyl adjacent to an activating group) is 1. The van der Waals surface area contributed by atoms with Crippen LogP contribution in [-0.2, 0) is 5.41 Å². The van der Waals surface area contributed by atoms with Gasteiger partial charge in [-0.3, -0.25) is 0 Å². The fourth-order valence-corrected chi connectivity index (χ4v) is 2.00. The van der Waals surface area contributed by atoms with Crippen molar-refractivity contribution in [2.45, 2.75) is 39.2 Å². The molecule has 0 amide bonds. The van der Waals surface area contributed by atoms with Crippen LogP contribution in [-0.4, -0.2) is 31.3 Å². The summed E-state index contributed by atoms with van der Waals surface area (Å²) in [6.45, 7) is 9.40. The van der Waals surface area contributed by atoms with Crippen molar-refractivity contribution in [1.82, 2.24) is 0 Å². The number of aliphatic hydroxyl groups excluding tert-OH is 1. The van der Waals surface area contributed by atoms with Gasteiger partial charge in [0, 0.05) is 25.3 Å². The molecular formula is C15H26N2O. The van der Waals surface area contributed by atoms with Crippen molar-refractivity contribution >= 4 is 5.69 Å². The average molecular weight is 250 g/mol. The van der Waals surface area contributed by atoms with Crippen LogP contribution in [0.15, 0.2) is 18.2 Å². The van der Waals surface area contributed by atoms with E-state index in [1.807, 2.05) is 7.05 Å². The molecule has 3 N–H and O–H groups in total. The third kappa shape index (κ3) is 3.72. The summed E-state index contributed by atoms with van der Waals surface area (Å²) in [6.07, 6.45) is 0. The second kappa shape index (κ2) is 5.72.